The maximum Gasteiger partial charge on any atom is 0.306 e. The van der Waals surface area contributed by atoms with Gasteiger partial charge in [-0.05, 0) is 48.5 Å². The lowest BCUT2D eigenvalue weighted by molar-refractivity contribution is 0.503. The molecule has 3 rings (SSSR count). The lowest BCUT2D eigenvalue weighted by atomic mass is 10.3. The molecule has 0 fully saturated rings. The molecule has 3 nitrogen and oxygen atoms in total. The van der Waals surface area contributed by atoms with Crippen LogP contribution in [0.15, 0.2) is 84.9 Å². The van der Waals surface area contributed by atoms with Crippen LogP contribution in [0.3, 0.4) is 0 Å². The summed E-state index contributed by atoms with van der Waals surface area (Å²) in [6.45, 7) is 0. The van der Waals surface area contributed by atoms with E-state index in [-0.39, 0.29) is 0 Å². The number of hydrogen-bond donors (Lipinski definition) is 1. The fourth-order valence-corrected chi connectivity index (χ4v) is 4.24. The van der Waals surface area contributed by atoms with Crippen LogP contribution in [-0.2, 0) is 4.57 Å². The van der Waals surface area contributed by atoms with E-state index in [9.17, 15) is 4.57 Å². The van der Waals surface area contributed by atoms with E-state index in [2.05, 4.69) is 0 Å². The molecule has 2 N–H and O–H groups in total. The summed E-state index contributed by atoms with van der Waals surface area (Å²) >= 11 is 0. The highest BCUT2D eigenvalue weighted by Crippen LogP contribution is 2.45. The predicted molar refractivity (Wildman–Crippen MR) is 91.2 cm³/mol. The first-order chi connectivity index (χ1) is 10.7. The van der Waals surface area contributed by atoms with Crippen LogP contribution < -0.4 is 20.9 Å². The molecule has 0 unspecified atom stereocenters. The Hall–Kier alpha value is -2.51. The number of nitrogen functional groups attached to an aromatic ring is 1. The van der Waals surface area contributed by atoms with Gasteiger partial charge in [0.15, 0.2) is 0 Å². The molecule has 0 bridgehead atoms. The molecule has 22 heavy (non-hydrogen) atoms. The fraction of sp³-hybridized carbons (Fsp3) is 0. The summed E-state index contributed by atoms with van der Waals surface area (Å²) in [4.78, 5) is 0. The summed E-state index contributed by atoms with van der Waals surface area (Å²) in [7, 11) is -3.20. The van der Waals surface area contributed by atoms with Gasteiger partial charge in [-0.1, -0.05) is 36.4 Å². The van der Waals surface area contributed by atoms with Crippen molar-refractivity contribution in [1.29, 1.82) is 0 Å². The van der Waals surface area contributed by atoms with Crippen LogP contribution in [-0.4, -0.2) is 0 Å². The second-order valence-electron chi connectivity index (χ2n) is 4.88. The Morgan fingerprint density at radius 2 is 1.14 bits per heavy atom. The van der Waals surface area contributed by atoms with E-state index in [4.69, 9.17) is 10.3 Å². The quantitative estimate of drug-likeness (QED) is 0.592. The number of nitrogens with two attached hydrogens (primary N) is 1. The van der Waals surface area contributed by atoms with Gasteiger partial charge in [-0.15, -0.1) is 0 Å². The van der Waals surface area contributed by atoms with Crippen molar-refractivity contribution in [2.24, 2.45) is 0 Å². The van der Waals surface area contributed by atoms with Crippen LogP contribution in [0.5, 0.6) is 5.75 Å². The third-order valence-corrected chi connectivity index (χ3v) is 5.73. The number of anilines is 1. The Labute approximate surface area is 129 Å². The van der Waals surface area contributed by atoms with Crippen molar-refractivity contribution >= 4 is 23.7 Å². The van der Waals surface area contributed by atoms with Gasteiger partial charge < -0.3 is 10.3 Å². The second-order valence-corrected chi connectivity index (χ2v) is 7.20. The number of hydrogen-bond acceptors (Lipinski definition) is 3. The monoisotopic (exact) mass is 309 g/mol. The molecular weight excluding hydrogens is 293 g/mol. The lowest BCUT2D eigenvalue weighted by Crippen LogP contribution is -2.20. The molecule has 0 spiro atoms. The topological polar surface area (TPSA) is 52.3 Å². The minimum Gasteiger partial charge on any atom is -0.437 e. The Bertz CT molecular complexity index is 743. The zero-order chi connectivity index (χ0) is 15.4. The molecule has 0 amide bonds. The van der Waals surface area contributed by atoms with Crippen molar-refractivity contribution in [1.82, 2.24) is 0 Å². The summed E-state index contributed by atoms with van der Waals surface area (Å²) in [5.41, 5.74) is 6.33. The van der Waals surface area contributed by atoms with Crippen LogP contribution in [0.4, 0.5) is 5.69 Å². The Balaban J connectivity index is 2.08. The summed E-state index contributed by atoms with van der Waals surface area (Å²) in [6, 6.07) is 25.4. The van der Waals surface area contributed by atoms with E-state index >= 15 is 0 Å². The minimum atomic E-state index is -3.20. The van der Waals surface area contributed by atoms with Crippen molar-refractivity contribution in [3.63, 3.8) is 0 Å². The zero-order valence-electron chi connectivity index (χ0n) is 11.9. The molecule has 0 saturated heterocycles. The second kappa shape index (κ2) is 6.08. The molecule has 0 aliphatic carbocycles. The smallest absolute Gasteiger partial charge is 0.306 e. The molecular formula is C18H16NO2P. The Morgan fingerprint density at radius 3 is 1.59 bits per heavy atom. The van der Waals surface area contributed by atoms with E-state index in [0.717, 1.165) is 0 Å². The van der Waals surface area contributed by atoms with Crippen LogP contribution in [0.2, 0.25) is 0 Å². The third kappa shape index (κ3) is 2.90. The largest absolute Gasteiger partial charge is 0.437 e. The van der Waals surface area contributed by atoms with Crippen LogP contribution in [0.25, 0.3) is 0 Å². The highest BCUT2D eigenvalue weighted by atomic mass is 31.2. The van der Waals surface area contributed by atoms with Crippen molar-refractivity contribution < 1.29 is 9.09 Å². The van der Waals surface area contributed by atoms with Crippen molar-refractivity contribution in [2.45, 2.75) is 0 Å². The van der Waals surface area contributed by atoms with Crippen molar-refractivity contribution in [3.05, 3.63) is 84.9 Å². The van der Waals surface area contributed by atoms with Gasteiger partial charge in [-0.25, -0.2) is 0 Å². The highest BCUT2D eigenvalue weighted by Gasteiger charge is 2.29. The van der Waals surface area contributed by atoms with Gasteiger partial charge >= 0.3 is 7.37 Å². The van der Waals surface area contributed by atoms with Crippen molar-refractivity contribution in [3.8, 4) is 5.75 Å². The lowest BCUT2D eigenvalue weighted by Gasteiger charge is -2.20. The first-order valence-corrected chi connectivity index (χ1v) is 8.57. The maximum absolute atomic E-state index is 13.6. The normalized spacial score (nSPS) is 11.1. The van der Waals surface area contributed by atoms with E-state index in [1.54, 1.807) is 24.3 Å². The van der Waals surface area contributed by atoms with Gasteiger partial charge in [-0.3, -0.25) is 4.57 Å². The summed E-state index contributed by atoms with van der Waals surface area (Å²) in [5, 5.41) is 1.33. The fourth-order valence-electron chi connectivity index (χ4n) is 2.18. The van der Waals surface area contributed by atoms with Gasteiger partial charge in [0.2, 0.25) is 0 Å². The first-order valence-electron chi connectivity index (χ1n) is 6.95. The Morgan fingerprint density at radius 1 is 0.682 bits per heavy atom. The molecule has 4 heteroatoms. The SMILES string of the molecule is Nc1ccc(OP(=O)(c2ccccc2)c2ccccc2)cc1. The minimum absolute atomic E-state index is 0.533. The number of benzene rings is 3. The van der Waals surface area contributed by atoms with E-state index in [1.165, 1.54) is 0 Å². The van der Waals surface area contributed by atoms with Gasteiger partial charge in [-0.2, -0.15) is 0 Å². The van der Waals surface area contributed by atoms with Crippen LogP contribution in [0.1, 0.15) is 0 Å². The van der Waals surface area contributed by atoms with E-state index in [0.29, 0.717) is 22.0 Å². The van der Waals surface area contributed by atoms with Crippen molar-refractivity contribution in [2.75, 3.05) is 5.73 Å². The molecule has 0 heterocycles. The van der Waals surface area contributed by atoms with Gasteiger partial charge in [0.05, 0.1) is 10.6 Å². The summed E-state index contributed by atoms with van der Waals surface area (Å²) < 4.78 is 19.5. The average Bonchev–Trinajstić information content (AvgIpc) is 2.58. The number of rotatable bonds is 4. The molecule has 3 aromatic rings. The van der Waals surface area contributed by atoms with E-state index in [1.807, 2.05) is 60.7 Å². The molecule has 0 radical (unpaired) electrons. The van der Waals surface area contributed by atoms with Crippen LogP contribution in [0, 0.1) is 0 Å². The molecule has 0 saturated carbocycles. The molecule has 0 aromatic heterocycles. The first kappa shape index (κ1) is 14.4. The average molecular weight is 309 g/mol. The summed E-state index contributed by atoms with van der Waals surface area (Å²) in [5.74, 6) is 0.533. The summed E-state index contributed by atoms with van der Waals surface area (Å²) in [6.07, 6.45) is 0. The predicted octanol–water partition coefficient (Wildman–Crippen LogP) is 3.58. The molecule has 0 aliphatic heterocycles. The van der Waals surface area contributed by atoms with E-state index < -0.39 is 7.37 Å². The third-order valence-electron chi connectivity index (χ3n) is 3.31. The molecule has 3 aromatic carbocycles. The molecule has 0 atom stereocenters. The highest BCUT2D eigenvalue weighted by molar-refractivity contribution is 7.74. The zero-order valence-corrected chi connectivity index (χ0v) is 12.8. The maximum atomic E-state index is 13.6. The van der Waals surface area contributed by atoms with Gasteiger partial charge in [0, 0.05) is 5.69 Å². The Kier molecular flexibility index (Phi) is 3.99. The van der Waals surface area contributed by atoms with Crippen LogP contribution >= 0.6 is 7.37 Å². The molecule has 110 valence electrons. The molecule has 0 aliphatic rings. The van der Waals surface area contributed by atoms with Gasteiger partial charge in [0.1, 0.15) is 5.75 Å². The standard InChI is InChI=1S/C18H16NO2P/c19-15-11-13-16(14-12-15)21-22(20,17-7-3-1-4-8-17)18-9-5-2-6-10-18/h1-14H,19H2. The van der Waals surface area contributed by atoms with Gasteiger partial charge in [0.25, 0.3) is 0 Å².